The molecule has 4 rings (SSSR count). The number of fused-ring (bicyclic) bond motifs is 1. The van der Waals surface area contributed by atoms with E-state index >= 15 is 0 Å². The van der Waals surface area contributed by atoms with Gasteiger partial charge in [-0.3, -0.25) is 4.90 Å². The SMILES string of the molecule is O[C@@H](COc1ccc2ccccc2c1)CN1CCN(c2cccc(Cl)c2)CC1. The van der Waals surface area contributed by atoms with Crippen LogP contribution in [0.5, 0.6) is 5.75 Å². The van der Waals surface area contributed by atoms with Gasteiger partial charge >= 0.3 is 0 Å². The van der Waals surface area contributed by atoms with Crippen molar-refractivity contribution >= 4 is 28.1 Å². The number of benzene rings is 3. The zero-order valence-corrected chi connectivity index (χ0v) is 16.6. The van der Waals surface area contributed by atoms with Crippen molar-refractivity contribution in [1.82, 2.24) is 4.90 Å². The van der Waals surface area contributed by atoms with Gasteiger partial charge in [-0.05, 0) is 41.1 Å². The lowest BCUT2D eigenvalue weighted by atomic mass is 10.1. The lowest BCUT2D eigenvalue weighted by molar-refractivity contribution is 0.0663. The van der Waals surface area contributed by atoms with Crippen molar-refractivity contribution in [2.24, 2.45) is 0 Å². The Morgan fingerprint density at radius 1 is 0.893 bits per heavy atom. The van der Waals surface area contributed by atoms with Gasteiger partial charge in [0.2, 0.25) is 0 Å². The molecule has 0 radical (unpaired) electrons. The summed E-state index contributed by atoms with van der Waals surface area (Å²) in [5, 5.41) is 13.5. The lowest BCUT2D eigenvalue weighted by Crippen LogP contribution is -2.49. The second-order valence-electron chi connectivity index (χ2n) is 7.24. The maximum atomic E-state index is 10.4. The van der Waals surface area contributed by atoms with Gasteiger partial charge in [0.25, 0.3) is 0 Å². The van der Waals surface area contributed by atoms with Crippen LogP contribution in [0.3, 0.4) is 0 Å². The average molecular weight is 397 g/mol. The summed E-state index contributed by atoms with van der Waals surface area (Å²) in [7, 11) is 0. The number of piperazine rings is 1. The van der Waals surface area contributed by atoms with E-state index in [9.17, 15) is 5.11 Å². The second-order valence-corrected chi connectivity index (χ2v) is 7.68. The summed E-state index contributed by atoms with van der Waals surface area (Å²) in [6.07, 6.45) is -0.510. The van der Waals surface area contributed by atoms with Gasteiger partial charge in [0.05, 0.1) is 0 Å². The van der Waals surface area contributed by atoms with Crippen LogP contribution >= 0.6 is 11.6 Å². The Hall–Kier alpha value is -2.27. The van der Waals surface area contributed by atoms with Crippen LogP contribution in [0.1, 0.15) is 0 Å². The summed E-state index contributed by atoms with van der Waals surface area (Å²) in [5.74, 6) is 0.795. The van der Waals surface area contributed by atoms with Crippen LogP contribution < -0.4 is 9.64 Å². The smallest absolute Gasteiger partial charge is 0.120 e. The molecule has 0 bridgehead atoms. The molecule has 1 atom stereocenters. The van der Waals surface area contributed by atoms with Crippen molar-refractivity contribution < 1.29 is 9.84 Å². The first kappa shape index (κ1) is 19.1. The Bertz CT molecular complexity index is 925. The molecule has 3 aromatic carbocycles. The van der Waals surface area contributed by atoms with Crippen LogP contribution in [-0.2, 0) is 0 Å². The number of hydrogen-bond donors (Lipinski definition) is 1. The Morgan fingerprint density at radius 3 is 2.46 bits per heavy atom. The van der Waals surface area contributed by atoms with Crippen molar-refractivity contribution in [3.8, 4) is 5.75 Å². The number of halogens is 1. The highest BCUT2D eigenvalue weighted by atomic mass is 35.5. The molecule has 0 amide bonds. The summed E-state index contributed by atoms with van der Waals surface area (Å²) in [6, 6.07) is 22.2. The highest BCUT2D eigenvalue weighted by Gasteiger charge is 2.20. The molecule has 28 heavy (non-hydrogen) atoms. The van der Waals surface area contributed by atoms with Gasteiger partial charge in [0.15, 0.2) is 0 Å². The molecule has 0 aromatic heterocycles. The number of ether oxygens (including phenoxy) is 1. The molecule has 1 aliphatic heterocycles. The van der Waals surface area contributed by atoms with E-state index in [0.29, 0.717) is 13.2 Å². The molecule has 3 aromatic rings. The molecule has 0 aliphatic carbocycles. The van der Waals surface area contributed by atoms with Gasteiger partial charge < -0.3 is 14.7 Å². The summed E-state index contributed by atoms with van der Waals surface area (Å²) in [5.41, 5.74) is 1.16. The third-order valence-corrected chi connectivity index (χ3v) is 5.41. The Balaban J connectivity index is 1.24. The highest BCUT2D eigenvalue weighted by molar-refractivity contribution is 6.30. The molecule has 1 saturated heterocycles. The van der Waals surface area contributed by atoms with E-state index in [1.807, 2.05) is 48.5 Å². The van der Waals surface area contributed by atoms with E-state index in [2.05, 4.69) is 28.0 Å². The third-order valence-electron chi connectivity index (χ3n) is 5.18. The van der Waals surface area contributed by atoms with Crippen molar-refractivity contribution in [3.05, 3.63) is 71.8 Å². The fraction of sp³-hybridized carbons (Fsp3) is 0.304. The fourth-order valence-electron chi connectivity index (χ4n) is 3.66. The fourth-order valence-corrected chi connectivity index (χ4v) is 3.85. The summed E-state index contributed by atoms with van der Waals surface area (Å²) in [6.45, 7) is 4.61. The molecular weight excluding hydrogens is 372 g/mol. The minimum absolute atomic E-state index is 0.298. The molecule has 1 heterocycles. The molecule has 0 unspecified atom stereocenters. The quantitative estimate of drug-likeness (QED) is 0.681. The van der Waals surface area contributed by atoms with E-state index in [-0.39, 0.29) is 0 Å². The minimum Gasteiger partial charge on any atom is -0.491 e. The molecule has 0 spiro atoms. The first-order valence-corrected chi connectivity index (χ1v) is 10.1. The van der Waals surface area contributed by atoms with Crippen molar-refractivity contribution in [3.63, 3.8) is 0 Å². The van der Waals surface area contributed by atoms with Crippen LogP contribution in [0.15, 0.2) is 66.7 Å². The van der Waals surface area contributed by atoms with E-state index < -0.39 is 6.10 Å². The number of nitrogens with zero attached hydrogens (tertiary/aromatic N) is 2. The van der Waals surface area contributed by atoms with Crippen LogP contribution in [0.4, 0.5) is 5.69 Å². The Kier molecular flexibility index (Phi) is 6.01. The number of β-amino-alcohol motifs (C(OH)–C–C–N with tert-alkyl or cyclic N) is 1. The van der Waals surface area contributed by atoms with Gasteiger partial charge in [-0.15, -0.1) is 0 Å². The molecule has 146 valence electrons. The standard InChI is InChI=1S/C23H25ClN2O2/c24-20-6-3-7-21(15-20)26-12-10-25(11-13-26)16-22(27)17-28-23-9-8-18-4-1-2-5-19(18)14-23/h1-9,14-15,22,27H,10-13,16-17H2/t22-/m1/s1. The maximum absolute atomic E-state index is 10.4. The third kappa shape index (κ3) is 4.76. The van der Waals surface area contributed by atoms with Crippen LogP contribution in [0.25, 0.3) is 10.8 Å². The molecule has 1 aliphatic rings. The summed E-state index contributed by atoms with van der Waals surface area (Å²) >= 11 is 6.09. The van der Waals surface area contributed by atoms with E-state index in [1.165, 1.54) is 5.39 Å². The van der Waals surface area contributed by atoms with Crippen molar-refractivity contribution in [2.75, 3.05) is 44.2 Å². The number of anilines is 1. The van der Waals surface area contributed by atoms with E-state index in [0.717, 1.165) is 48.0 Å². The first-order valence-electron chi connectivity index (χ1n) is 9.70. The van der Waals surface area contributed by atoms with Gasteiger partial charge in [0, 0.05) is 43.4 Å². The van der Waals surface area contributed by atoms with E-state index in [4.69, 9.17) is 16.3 Å². The average Bonchev–Trinajstić information content (AvgIpc) is 2.73. The Labute approximate surface area is 170 Å². The molecule has 1 fully saturated rings. The maximum Gasteiger partial charge on any atom is 0.120 e. The molecule has 4 nitrogen and oxygen atoms in total. The second kappa shape index (κ2) is 8.82. The predicted octanol–water partition coefficient (Wildman–Crippen LogP) is 4.06. The lowest BCUT2D eigenvalue weighted by Gasteiger charge is -2.36. The van der Waals surface area contributed by atoms with Gasteiger partial charge in [-0.25, -0.2) is 0 Å². The predicted molar refractivity (Wildman–Crippen MR) is 116 cm³/mol. The topological polar surface area (TPSA) is 35.9 Å². The number of aliphatic hydroxyl groups is 1. The van der Waals surface area contributed by atoms with Crippen molar-refractivity contribution in [1.29, 1.82) is 0 Å². The Morgan fingerprint density at radius 2 is 1.68 bits per heavy atom. The normalized spacial score (nSPS) is 16.3. The number of aliphatic hydroxyl groups excluding tert-OH is 1. The van der Waals surface area contributed by atoms with E-state index in [1.54, 1.807) is 0 Å². The largest absolute Gasteiger partial charge is 0.491 e. The zero-order chi connectivity index (χ0) is 19.3. The summed E-state index contributed by atoms with van der Waals surface area (Å²) in [4.78, 5) is 4.62. The molecule has 0 saturated carbocycles. The van der Waals surface area contributed by atoms with Crippen LogP contribution in [0.2, 0.25) is 5.02 Å². The van der Waals surface area contributed by atoms with Gasteiger partial charge in [0.1, 0.15) is 18.5 Å². The van der Waals surface area contributed by atoms with Gasteiger partial charge in [-0.1, -0.05) is 48.0 Å². The van der Waals surface area contributed by atoms with Gasteiger partial charge in [-0.2, -0.15) is 0 Å². The minimum atomic E-state index is -0.510. The van der Waals surface area contributed by atoms with Crippen molar-refractivity contribution in [2.45, 2.75) is 6.10 Å². The monoisotopic (exact) mass is 396 g/mol. The zero-order valence-electron chi connectivity index (χ0n) is 15.8. The molecular formula is C23H25ClN2O2. The number of rotatable bonds is 6. The van der Waals surface area contributed by atoms with Crippen LogP contribution in [0, 0.1) is 0 Å². The first-order chi connectivity index (χ1) is 13.7. The summed E-state index contributed by atoms with van der Waals surface area (Å²) < 4.78 is 5.82. The van der Waals surface area contributed by atoms with Crippen LogP contribution in [-0.4, -0.2) is 55.4 Å². The highest BCUT2D eigenvalue weighted by Crippen LogP contribution is 2.22. The molecule has 1 N–H and O–H groups in total. The molecule has 5 heteroatoms. The number of hydrogen-bond acceptors (Lipinski definition) is 4.